The number of carbonyl (C=O) groups excluding carboxylic acids is 3. The van der Waals surface area contributed by atoms with Crippen LogP contribution in [0.2, 0.25) is 0 Å². The third-order valence-corrected chi connectivity index (χ3v) is 6.39. The number of benzene rings is 1. The topological polar surface area (TPSA) is 131 Å². The number of anilines is 2. The zero-order chi connectivity index (χ0) is 22.1. The molecule has 3 atom stereocenters. The number of nitrogen functional groups attached to an aromatic ring is 1. The van der Waals surface area contributed by atoms with Crippen molar-refractivity contribution in [1.82, 2.24) is 10.3 Å². The Balaban J connectivity index is 1.44. The molecule has 1 aromatic heterocycles. The van der Waals surface area contributed by atoms with E-state index in [9.17, 15) is 14.4 Å². The van der Waals surface area contributed by atoms with Crippen LogP contribution in [-0.2, 0) is 0 Å². The summed E-state index contributed by atoms with van der Waals surface area (Å²) in [6, 6.07) is 8.63. The van der Waals surface area contributed by atoms with Gasteiger partial charge in [0.2, 0.25) is 0 Å². The summed E-state index contributed by atoms with van der Waals surface area (Å²) in [5.41, 5.74) is 12.6. The van der Waals surface area contributed by atoms with Crippen molar-refractivity contribution in [2.75, 3.05) is 17.2 Å². The Hall–Kier alpha value is -3.42. The van der Waals surface area contributed by atoms with E-state index in [0.29, 0.717) is 23.1 Å². The van der Waals surface area contributed by atoms with Crippen molar-refractivity contribution in [3.8, 4) is 0 Å². The minimum Gasteiger partial charge on any atom is -0.398 e. The fourth-order valence-corrected chi connectivity index (χ4v) is 4.85. The predicted octanol–water partition coefficient (Wildman–Crippen LogP) is 2.14. The fourth-order valence-electron chi connectivity index (χ4n) is 4.85. The van der Waals surface area contributed by atoms with Crippen LogP contribution in [0.15, 0.2) is 36.5 Å². The van der Waals surface area contributed by atoms with Gasteiger partial charge < -0.3 is 21.7 Å². The summed E-state index contributed by atoms with van der Waals surface area (Å²) in [4.78, 5) is 42.4. The number of nitrogens with two attached hydrogens (primary N) is 2. The number of piperidine rings is 1. The minimum absolute atomic E-state index is 0.00344. The quantitative estimate of drug-likeness (QED) is 0.501. The molecule has 2 aromatic rings. The number of nitrogens with one attached hydrogen (secondary N) is 1. The van der Waals surface area contributed by atoms with E-state index in [4.69, 9.17) is 11.5 Å². The number of primary amides is 1. The van der Waals surface area contributed by atoms with E-state index in [1.165, 1.54) is 19.1 Å². The highest BCUT2D eigenvalue weighted by molar-refractivity contribution is 6.01. The first-order valence-electron chi connectivity index (χ1n) is 10.6. The Morgan fingerprint density at radius 3 is 2.55 bits per heavy atom. The largest absolute Gasteiger partial charge is 0.398 e. The molecule has 0 spiro atoms. The lowest BCUT2D eigenvalue weighted by Crippen LogP contribution is -2.43. The van der Waals surface area contributed by atoms with E-state index in [0.717, 1.165) is 38.0 Å². The van der Waals surface area contributed by atoms with E-state index in [1.807, 2.05) is 12.1 Å². The molecule has 1 aliphatic carbocycles. The lowest BCUT2D eigenvalue weighted by atomic mass is 9.92. The van der Waals surface area contributed by atoms with Crippen molar-refractivity contribution < 1.29 is 14.4 Å². The molecule has 2 aliphatic rings. The van der Waals surface area contributed by atoms with E-state index in [1.54, 1.807) is 12.3 Å². The fraction of sp³-hybridized carbons (Fsp3) is 0.391. The summed E-state index contributed by atoms with van der Waals surface area (Å²) in [7, 11) is 0. The molecule has 162 valence electrons. The van der Waals surface area contributed by atoms with Crippen LogP contribution in [0.5, 0.6) is 0 Å². The third kappa shape index (κ3) is 4.23. The average Bonchev–Trinajstić information content (AvgIpc) is 3.15. The molecule has 0 radical (unpaired) electrons. The second-order valence-electron chi connectivity index (χ2n) is 8.43. The van der Waals surface area contributed by atoms with Gasteiger partial charge in [-0.05, 0) is 68.9 Å². The molecule has 1 aromatic carbocycles. The van der Waals surface area contributed by atoms with Crippen LogP contribution in [0, 0.1) is 5.92 Å². The highest BCUT2D eigenvalue weighted by Gasteiger charge is 2.41. The molecule has 8 heteroatoms. The predicted molar refractivity (Wildman–Crippen MR) is 118 cm³/mol. The van der Waals surface area contributed by atoms with Gasteiger partial charge in [0.15, 0.2) is 5.78 Å². The van der Waals surface area contributed by atoms with E-state index >= 15 is 0 Å². The molecule has 1 aliphatic heterocycles. The summed E-state index contributed by atoms with van der Waals surface area (Å²) in [5.74, 6) is 0.539. The first-order valence-corrected chi connectivity index (χ1v) is 10.6. The van der Waals surface area contributed by atoms with Crippen LogP contribution in [0.3, 0.4) is 0 Å². The molecule has 2 heterocycles. The molecule has 31 heavy (non-hydrogen) atoms. The van der Waals surface area contributed by atoms with E-state index in [-0.39, 0.29) is 29.0 Å². The summed E-state index contributed by atoms with van der Waals surface area (Å²) < 4.78 is 0. The standard InChI is InChI=1S/C23H27N5O3/c1-13(29)16-5-7-21(26-12-16)28-8-2-3-14-9-17(11-20(14)28)27-23(31)15-4-6-18(22(25)30)19(24)10-15/h4-7,10,12,14,17,20H,2-3,8-9,11,24H2,1H3,(H2,25,30)(H,27,31). The van der Waals surface area contributed by atoms with Gasteiger partial charge in [-0.25, -0.2) is 4.98 Å². The Labute approximate surface area is 181 Å². The Bertz CT molecular complexity index is 1020. The zero-order valence-corrected chi connectivity index (χ0v) is 17.5. The molecule has 2 amide bonds. The average molecular weight is 422 g/mol. The highest BCUT2D eigenvalue weighted by Crippen LogP contribution is 2.39. The monoisotopic (exact) mass is 421 g/mol. The van der Waals surface area contributed by atoms with Crippen LogP contribution in [-0.4, -0.2) is 41.2 Å². The maximum Gasteiger partial charge on any atom is 0.251 e. The highest BCUT2D eigenvalue weighted by atomic mass is 16.2. The van der Waals surface area contributed by atoms with Gasteiger partial charge in [-0.1, -0.05) is 0 Å². The van der Waals surface area contributed by atoms with Crippen molar-refractivity contribution >= 4 is 29.1 Å². The van der Waals surface area contributed by atoms with Gasteiger partial charge in [-0.15, -0.1) is 0 Å². The first-order chi connectivity index (χ1) is 14.8. The van der Waals surface area contributed by atoms with E-state index in [2.05, 4.69) is 15.2 Å². The minimum atomic E-state index is -0.616. The molecule has 0 bridgehead atoms. The molecule has 2 fully saturated rings. The van der Waals surface area contributed by atoms with Crippen LogP contribution in [0.1, 0.15) is 63.7 Å². The van der Waals surface area contributed by atoms with Crippen molar-refractivity contribution in [2.24, 2.45) is 11.7 Å². The van der Waals surface area contributed by atoms with Crippen molar-refractivity contribution in [1.29, 1.82) is 0 Å². The second kappa shape index (κ2) is 8.37. The number of hydrogen-bond acceptors (Lipinski definition) is 6. The summed E-state index contributed by atoms with van der Waals surface area (Å²) in [5, 5.41) is 3.12. The zero-order valence-electron chi connectivity index (χ0n) is 17.5. The van der Waals surface area contributed by atoms with Gasteiger partial charge in [0, 0.05) is 41.6 Å². The summed E-state index contributed by atoms with van der Waals surface area (Å²) >= 11 is 0. The lowest BCUT2D eigenvalue weighted by Gasteiger charge is -2.38. The number of fused-ring (bicyclic) bond motifs is 1. The second-order valence-corrected chi connectivity index (χ2v) is 8.43. The van der Waals surface area contributed by atoms with E-state index < -0.39 is 5.91 Å². The first kappa shape index (κ1) is 20.8. The van der Waals surface area contributed by atoms with Crippen LogP contribution >= 0.6 is 0 Å². The Kier molecular flexibility index (Phi) is 5.63. The molecule has 4 rings (SSSR count). The molecule has 8 nitrogen and oxygen atoms in total. The number of Topliss-reactive ketones (excluding diaryl/α,β-unsaturated/α-hetero) is 1. The smallest absolute Gasteiger partial charge is 0.251 e. The Morgan fingerprint density at radius 2 is 1.90 bits per heavy atom. The Morgan fingerprint density at radius 1 is 1.13 bits per heavy atom. The summed E-state index contributed by atoms with van der Waals surface area (Å²) in [6.07, 6.45) is 5.58. The van der Waals surface area contributed by atoms with Crippen molar-refractivity contribution in [3.63, 3.8) is 0 Å². The van der Waals surface area contributed by atoms with Gasteiger partial charge in [0.25, 0.3) is 11.8 Å². The number of ketones is 1. The molecule has 5 N–H and O–H groups in total. The maximum absolute atomic E-state index is 12.8. The van der Waals surface area contributed by atoms with Gasteiger partial charge in [-0.3, -0.25) is 14.4 Å². The lowest BCUT2D eigenvalue weighted by molar-refractivity contribution is 0.0934. The van der Waals surface area contributed by atoms with Crippen LogP contribution in [0.25, 0.3) is 0 Å². The van der Waals surface area contributed by atoms with Crippen LogP contribution < -0.4 is 21.7 Å². The summed E-state index contributed by atoms with van der Waals surface area (Å²) in [6.45, 7) is 2.45. The van der Waals surface area contributed by atoms with Crippen molar-refractivity contribution in [3.05, 3.63) is 53.2 Å². The number of nitrogens with zero attached hydrogens (tertiary/aromatic N) is 2. The third-order valence-electron chi connectivity index (χ3n) is 6.39. The number of hydrogen-bond donors (Lipinski definition) is 3. The van der Waals surface area contributed by atoms with Crippen LogP contribution in [0.4, 0.5) is 11.5 Å². The SMILES string of the molecule is CC(=O)c1ccc(N2CCCC3CC(NC(=O)c4ccc(C(N)=O)c(N)c4)CC32)nc1. The number of rotatable bonds is 5. The normalized spacial score (nSPS) is 22.6. The van der Waals surface area contributed by atoms with Crippen molar-refractivity contribution in [2.45, 2.75) is 44.7 Å². The number of amides is 2. The number of aromatic nitrogens is 1. The van der Waals surface area contributed by atoms with Gasteiger partial charge in [0.05, 0.1) is 5.56 Å². The molecule has 1 saturated carbocycles. The number of pyridine rings is 1. The van der Waals surface area contributed by atoms with Gasteiger partial charge >= 0.3 is 0 Å². The molecule has 1 saturated heterocycles. The van der Waals surface area contributed by atoms with Gasteiger partial charge in [0.1, 0.15) is 5.82 Å². The molecular weight excluding hydrogens is 394 g/mol. The molecular formula is C23H27N5O3. The molecule has 3 unspecified atom stereocenters. The maximum atomic E-state index is 12.8. The number of carbonyl (C=O) groups is 3. The van der Waals surface area contributed by atoms with Gasteiger partial charge in [-0.2, -0.15) is 0 Å².